The number of nitrogens with zero attached hydrogens (tertiary/aromatic N) is 3. The zero-order chi connectivity index (χ0) is 19.7. The molecular formula is C22H26N4OS. The van der Waals surface area contributed by atoms with E-state index in [1.165, 1.54) is 29.3 Å². The topological polar surface area (TPSA) is 61.9 Å². The average Bonchev–Trinajstić information content (AvgIpc) is 3.09. The maximum absolute atomic E-state index is 12.7. The lowest BCUT2D eigenvalue weighted by Crippen LogP contribution is -2.42. The summed E-state index contributed by atoms with van der Waals surface area (Å²) in [4.78, 5) is 27.4. The molecule has 1 amide bonds. The van der Waals surface area contributed by atoms with Crippen molar-refractivity contribution in [3.05, 3.63) is 41.6 Å². The largest absolute Gasteiger partial charge is 0.339 e. The molecule has 1 aliphatic rings. The number of benzene rings is 1. The molecule has 0 spiro atoms. The number of hydrogen-bond acceptors (Lipinski definition) is 4. The second-order valence-electron chi connectivity index (χ2n) is 7.62. The van der Waals surface area contributed by atoms with Crippen molar-refractivity contribution in [2.24, 2.45) is 0 Å². The van der Waals surface area contributed by atoms with Crippen molar-refractivity contribution >= 4 is 28.7 Å². The van der Waals surface area contributed by atoms with Crippen LogP contribution in [-0.4, -0.2) is 44.1 Å². The quantitative estimate of drug-likeness (QED) is 0.650. The lowest BCUT2D eigenvalue weighted by Gasteiger charge is -2.33. The van der Waals surface area contributed by atoms with Crippen LogP contribution in [-0.2, 0) is 4.79 Å². The first-order valence-corrected chi connectivity index (χ1v) is 10.9. The zero-order valence-electron chi connectivity index (χ0n) is 16.7. The number of thioether (sulfide) groups is 1. The molecule has 1 fully saturated rings. The number of aromatic nitrogens is 3. The van der Waals surface area contributed by atoms with Gasteiger partial charge >= 0.3 is 0 Å². The van der Waals surface area contributed by atoms with Gasteiger partial charge in [-0.05, 0) is 75.4 Å². The van der Waals surface area contributed by atoms with Gasteiger partial charge in [-0.15, -0.1) is 0 Å². The lowest BCUT2D eigenvalue weighted by molar-refractivity contribution is -0.131. The fourth-order valence-corrected chi connectivity index (χ4v) is 4.65. The van der Waals surface area contributed by atoms with Gasteiger partial charge in [-0.3, -0.25) is 4.79 Å². The van der Waals surface area contributed by atoms with E-state index in [0.29, 0.717) is 11.8 Å². The number of nitrogens with one attached hydrogen (secondary N) is 1. The molecule has 0 aliphatic carbocycles. The van der Waals surface area contributed by atoms with E-state index in [1.54, 1.807) is 6.20 Å². The molecule has 1 atom stereocenters. The number of pyridine rings is 1. The van der Waals surface area contributed by atoms with Gasteiger partial charge in [0.1, 0.15) is 10.9 Å². The standard InChI is InChI=1S/C22H26N4OS/c1-14-11-18-19(12-15(14)2)25-21(24-18)17-8-6-9-23-22(17)28-13-20(27)26-10-5-4-7-16(26)3/h6,8-9,11-12,16H,4-5,7,10,13H2,1-3H3,(H,24,25)/t16-/m0/s1. The number of fused-ring (bicyclic) bond motifs is 1. The van der Waals surface area contributed by atoms with E-state index in [0.717, 1.165) is 46.8 Å². The number of aryl methyl sites for hydroxylation is 2. The average molecular weight is 395 g/mol. The monoisotopic (exact) mass is 394 g/mol. The summed E-state index contributed by atoms with van der Waals surface area (Å²) in [5.74, 6) is 1.41. The molecule has 146 valence electrons. The highest BCUT2D eigenvalue weighted by Gasteiger charge is 2.23. The second-order valence-corrected chi connectivity index (χ2v) is 8.58. The van der Waals surface area contributed by atoms with Gasteiger partial charge in [0, 0.05) is 24.3 Å². The number of carbonyl (C=O) groups excluding carboxylic acids is 1. The van der Waals surface area contributed by atoms with Crippen LogP contribution in [0.5, 0.6) is 0 Å². The maximum Gasteiger partial charge on any atom is 0.233 e. The molecule has 0 saturated carbocycles. The molecular weight excluding hydrogens is 368 g/mol. The SMILES string of the molecule is Cc1cc2nc(-c3cccnc3SCC(=O)N3CCCC[C@@H]3C)[nH]c2cc1C. The Hall–Kier alpha value is -2.34. The molecule has 0 radical (unpaired) electrons. The minimum absolute atomic E-state index is 0.199. The summed E-state index contributed by atoms with van der Waals surface area (Å²) in [6.07, 6.45) is 5.20. The Balaban J connectivity index is 1.56. The van der Waals surface area contributed by atoms with Crippen molar-refractivity contribution < 1.29 is 4.79 Å². The zero-order valence-corrected chi connectivity index (χ0v) is 17.5. The van der Waals surface area contributed by atoms with Crippen molar-refractivity contribution in [3.63, 3.8) is 0 Å². The number of rotatable bonds is 4. The number of piperidine rings is 1. The van der Waals surface area contributed by atoms with E-state index >= 15 is 0 Å². The van der Waals surface area contributed by atoms with Crippen LogP contribution in [0.3, 0.4) is 0 Å². The van der Waals surface area contributed by atoms with Crippen LogP contribution in [0.4, 0.5) is 0 Å². The Morgan fingerprint density at radius 3 is 2.93 bits per heavy atom. The first-order chi connectivity index (χ1) is 13.5. The Bertz CT molecular complexity index is 974. The van der Waals surface area contributed by atoms with Crippen LogP contribution >= 0.6 is 11.8 Å². The predicted octanol–water partition coefficient (Wildman–Crippen LogP) is 4.73. The summed E-state index contributed by atoms with van der Waals surface area (Å²) in [7, 11) is 0. The molecule has 2 aromatic heterocycles. The van der Waals surface area contributed by atoms with Crippen molar-refractivity contribution in [3.8, 4) is 11.4 Å². The Morgan fingerprint density at radius 2 is 2.11 bits per heavy atom. The molecule has 1 aromatic carbocycles. The van der Waals surface area contributed by atoms with E-state index in [9.17, 15) is 4.79 Å². The summed E-state index contributed by atoms with van der Waals surface area (Å²) in [6, 6.07) is 8.51. The molecule has 5 nitrogen and oxygen atoms in total. The van der Waals surface area contributed by atoms with E-state index in [1.807, 2.05) is 17.0 Å². The minimum atomic E-state index is 0.199. The molecule has 0 unspecified atom stereocenters. The Morgan fingerprint density at radius 1 is 1.29 bits per heavy atom. The molecule has 4 rings (SSSR count). The Kier molecular flexibility index (Phi) is 5.40. The van der Waals surface area contributed by atoms with E-state index in [4.69, 9.17) is 4.98 Å². The van der Waals surface area contributed by atoms with Crippen molar-refractivity contribution in [1.29, 1.82) is 0 Å². The van der Waals surface area contributed by atoms with Gasteiger partial charge in [-0.2, -0.15) is 0 Å². The van der Waals surface area contributed by atoms with Gasteiger partial charge in [-0.25, -0.2) is 9.97 Å². The first kappa shape index (κ1) is 19.0. The molecule has 3 heterocycles. The fraction of sp³-hybridized carbons (Fsp3) is 0.409. The van der Waals surface area contributed by atoms with E-state index in [2.05, 4.69) is 42.9 Å². The molecule has 1 aliphatic heterocycles. The summed E-state index contributed by atoms with van der Waals surface area (Å²) in [5, 5.41) is 0.841. The van der Waals surface area contributed by atoms with Gasteiger partial charge in [0.05, 0.1) is 16.8 Å². The number of hydrogen-bond donors (Lipinski definition) is 1. The van der Waals surface area contributed by atoms with Gasteiger partial charge in [0.2, 0.25) is 5.91 Å². The van der Waals surface area contributed by atoms with E-state index < -0.39 is 0 Å². The van der Waals surface area contributed by atoms with Gasteiger partial charge < -0.3 is 9.88 Å². The fourth-order valence-electron chi connectivity index (χ4n) is 3.76. The van der Waals surface area contributed by atoms with Crippen molar-refractivity contribution in [1.82, 2.24) is 19.9 Å². The number of amides is 1. The number of imidazole rings is 1. The number of likely N-dealkylation sites (tertiary alicyclic amines) is 1. The van der Waals surface area contributed by atoms with Crippen molar-refractivity contribution in [2.75, 3.05) is 12.3 Å². The smallest absolute Gasteiger partial charge is 0.233 e. The van der Waals surface area contributed by atoms with Gasteiger partial charge in [0.15, 0.2) is 0 Å². The van der Waals surface area contributed by atoms with Crippen molar-refractivity contribution in [2.45, 2.75) is 51.1 Å². The molecule has 1 saturated heterocycles. The highest BCUT2D eigenvalue weighted by molar-refractivity contribution is 8.00. The first-order valence-electron chi connectivity index (χ1n) is 9.87. The van der Waals surface area contributed by atoms with Crippen LogP contribution in [0.25, 0.3) is 22.4 Å². The second kappa shape index (κ2) is 7.95. The third-order valence-electron chi connectivity index (χ3n) is 5.58. The Labute approximate surface area is 170 Å². The molecule has 28 heavy (non-hydrogen) atoms. The highest BCUT2D eigenvalue weighted by Crippen LogP contribution is 2.30. The number of carbonyl (C=O) groups is 1. The molecule has 6 heteroatoms. The number of H-pyrrole nitrogens is 1. The van der Waals surface area contributed by atoms with Crippen LogP contribution < -0.4 is 0 Å². The van der Waals surface area contributed by atoms with Crippen LogP contribution in [0.2, 0.25) is 0 Å². The normalized spacial score (nSPS) is 17.2. The van der Waals surface area contributed by atoms with Gasteiger partial charge in [-0.1, -0.05) is 11.8 Å². The van der Waals surface area contributed by atoms with Crippen LogP contribution in [0.1, 0.15) is 37.3 Å². The summed E-state index contributed by atoms with van der Waals surface area (Å²) < 4.78 is 0. The predicted molar refractivity (Wildman–Crippen MR) is 115 cm³/mol. The van der Waals surface area contributed by atoms with Crippen LogP contribution in [0, 0.1) is 13.8 Å². The summed E-state index contributed by atoms with van der Waals surface area (Å²) in [5.41, 5.74) is 5.39. The molecule has 0 bridgehead atoms. The van der Waals surface area contributed by atoms with Crippen LogP contribution in [0.15, 0.2) is 35.5 Å². The summed E-state index contributed by atoms with van der Waals surface area (Å²) >= 11 is 1.50. The van der Waals surface area contributed by atoms with Gasteiger partial charge in [0.25, 0.3) is 0 Å². The summed E-state index contributed by atoms with van der Waals surface area (Å²) in [6.45, 7) is 7.22. The molecule has 1 N–H and O–H groups in total. The van der Waals surface area contributed by atoms with E-state index in [-0.39, 0.29) is 5.91 Å². The number of aromatic amines is 1. The maximum atomic E-state index is 12.7. The third kappa shape index (κ3) is 3.78. The molecule has 3 aromatic rings. The lowest BCUT2D eigenvalue weighted by atomic mass is 10.0. The highest BCUT2D eigenvalue weighted by atomic mass is 32.2. The third-order valence-corrected chi connectivity index (χ3v) is 6.57. The minimum Gasteiger partial charge on any atom is -0.339 e.